The Kier molecular flexibility index (Phi) is 2.89. The first-order valence-corrected chi connectivity index (χ1v) is 8.44. The number of benzene rings is 1. The molecular weight excluding hydrogens is 262 g/mol. The van der Waals surface area contributed by atoms with Crippen molar-refractivity contribution in [3.8, 4) is 0 Å². The number of sulfone groups is 1. The summed E-state index contributed by atoms with van der Waals surface area (Å²) in [5.74, 6) is 0.300. The SMILES string of the molecule is CCc1cccc(N2C(=O)CC3CS(=O)(=O)CC32)c1. The van der Waals surface area contributed by atoms with E-state index in [-0.39, 0.29) is 29.4 Å². The molecule has 2 unspecified atom stereocenters. The fraction of sp³-hybridized carbons (Fsp3) is 0.500. The summed E-state index contributed by atoms with van der Waals surface area (Å²) in [5, 5.41) is 0. The molecule has 1 aromatic rings. The topological polar surface area (TPSA) is 54.5 Å². The summed E-state index contributed by atoms with van der Waals surface area (Å²) in [4.78, 5) is 13.8. The molecule has 2 fully saturated rings. The van der Waals surface area contributed by atoms with Crippen LogP contribution in [0.3, 0.4) is 0 Å². The largest absolute Gasteiger partial charge is 0.308 e. The van der Waals surface area contributed by atoms with Gasteiger partial charge in [-0.3, -0.25) is 4.79 Å². The number of anilines is 1. The van der Waals surface area contributed by atoms with Crippen LogP contribution in [0.4, 0.5) is 5.69 Å². The summed E-state index contributed by atoms with van der Waals surface area (Å²) >= 11 is 0. The monoisotopic (exact) mass is 279 g/mol. The third-order valence-corrected chi connectivity index (χ3v) is 5.86. The van der Waals surface area contributed by atoms with Crippen molar-refractivity contribution in [2.24, 2.45) is 5.92 Å². The Morgan fingerprint density at radius 1 is 1.32 bits per heavy atom. The average molecular weight is 279 g/mol. The molecule has 0 N–H and O–H groups in total. The summed E-state index contributed by atoms with van der Waals surface area (Å²) in [6.45, 7) is 2.06. The number of fused-ring (bicyclic) bond motifs is 1. The molecule has 1 aromatic carbocycles. The van der Waals surface area contributed by atoms with Gasteiger partial charge in [0, 0.05) is 18.0 Å². The Labute approximate surface area is 113 Å². The van der Waals surface area contributed by atoms with Crippen molar-refractivity contribution in [3.63, 3.8) is 0 Å². The Morgan fingerprint density at radius 2 is 2.11 bits per heavy atom. The first-order chi connectivity index (χ1) is 9.00. The highest BCUT2D eigenvalue weighted by Gasteiger charge is 2.49. The van der Waals surface area contributed by atoms with Crippen molar-refractivity contribution in [1.29, 1.82) is 0 Å². The van der Waals surface area contributed by atoms with Gasteiger partial charge in [-0.15, -0.1) is 0 Å². The van der Waals surface area contributed by atoms with Gasteiger partial charge < -0.3 is 4.90 Å². The molecule has 2 atom stereocenters. The molecule has 5 heteroatoms. The lowest BCUT2D eigenvalue weighted by atomic mass is 10.0. The zero-order valence-corrected chi connectivity index (χ0v) is 11.7. The second kappa shape index (κ2) is 4.34. The van der Waals surface area contributed by atoms with Crippen molar-refractivity contribution in [1.82, 2.24) is 0 Å². The maximum absolute atomic E-state index is 12.1. The normalized spacial score (nSPS) is 28.7. The summed E-state index contributed by atoms with van der Waals surface area (Å²) in [6, 6.07) is 7.67. The maximum atomic E-state index is 12.1. The van der Waals surface area contributed by atoms with Crippen LogP contribution in [0.1, 0.15) is 18.9 Å². The molecule has 0 radical (unpaired) electrons. The molecule has 2 aliphatic heterocycles. The van der Waals surface area contributed by atoms with Gasteiger partial charge in [0.05, 0.1) is 17.5 Å². The lowest BCUT2D eigenvalue weighted by Crippen LogP contribution is -2.36. The van der Waals surface area contributed by atoms with Gasteiger partial charge in [-0.05, 0) is 24.1 Å². The summed E-state index contributed by atoms with van der Waals surface area (Å²) in [5.41, 5.74) is 2.00. The molecule has 2 saturated heterocycles. The molecule has 0 spiro atoms. The first kappa shape index (κ1) is 12.7. The van der Waals surface area contributed by atoms with E-state index in [4.69, 9.17) is 0 Å². The molecule has 19 heavy (non-hydrogen) atoms. The summed E-state index contributed by atoms with van der Waals surface area (Å²) < 4.78 is 23.4. The predicted molar refractivity (Wildman–Crippen MR) is 73.9 cm³/mol. The maximum Gasteiger partial charge on any atom is 0.227 e. The van der Waals surface area contributed by atoms with Crippen LogP contribution in [-0.2, 0) is 21.1 Å². The first-order valence-electron chi connectivity index (χ1n) is 6.61. The highest BCUT2D eigenvalue weighted by Crippen LogP contribution is 2.37. The van der Waals surface area contributed by atoms with E-state index in [1.165, 1.54) is 0 Å². The van der Waals surface area contributed by atoms with Gasteiger partial charge in [0.1, 0.15) is 0 Å². The van der Waals surface area contributed by atoms with E-state index in [0.717, 1.165) is 17.7 Å². The van der Waals surface area contributed by atoms with Crippen LogP contribution in [0.5, 0.6) is 0 Å². The molecule has 1 amide bonds. The van der Waals surface area contributed by atoms with E-state index in [1.807, 2.05) is 24.3 Å². The lowest BCUT2D eigenvalue weighted by Gasteiger charge is -2.23. The van der Waals surface area contributed by atoms with Crippen LogP contribution in [0.15, 0.2) is 24.3 Å². The molecule has 0 saturated carbocycles. The van der Waals surface area contributed by atoms with Crippen molar-refractivity contribution >= 4 is 21.4 Å². The standard InChI is InChI=1S/C14H17NO3S/c1-2-10-4-3-5-12(6-10)15-13-9-19(17,18)8-11(13)7-14(15)16/h3-6,11,13H,2,7-9H2,1H3. The fourth-order valence-corrected chi connectivity index (χ4v) is 5.22. The van der Waals surface area contributed by atoms with E-state index in [9.17, 15) is 13.2 Å². The number of carbonyl (C=O) groups is 1. The highest BCUT2D eigenvalue weighted by atomic mass is 32.2. The van der Waals surface area contributed by atoms with Gasteiger partial charge >= 0.3 is 0 Å². The molecule has 0 aromatic heterocycles. The molecule has 3 rings (SSSR count). The minimum absolute atomic E-state index is 0.0252. The molecule has 0 aliphatic carbocycles. The Morgan fingerprint density at radius 3 is 2.84 bits per heavy atom. The van der Waals surface area contributed by atoms with Crippen molar-refractivity contribution in [2.75, 3.05) is 16.4 Å². The highest BCUT2D eigenvalue weighted by molar-refractivity contribution is 7.91. The van der Waals surface area contributed by atoms with E-state index >= 15 is 0 Å². The minimum atomic E-state index is -2.98. The fourth-order valence-electron chi connectivity index (χ4n) is 3.15. The second-order valence-corrected chi connectivity index (χ2v) is 7.55. The molecule has 102 valence electrons. The molecular formula is C14H17NO3S. The Balaban J connectivity index is 1.97. The number of hydrogen-bond acceptors (Lipinski definition) is 3. The van der Waals surface area contributed by atoms with E-state index in [1.54, 1.807) is 4.90 Å². The van der Waals surface area contributed by atoms with Crippen LogP contribution in [-0.4, -0.2) is 31.9 Å². The van der Waals surface area contributed by atoms with Crippen molar-refractivity contribution < 1.29 is 13.2 Å². The number of aryl methyl sites for hydroxylation is 1. The smallest absolute Gasteiger partial charge is 0.227 e. The van der Waals surface area contributed by atoms with E-state index in [2.05, 4.69) is 6.92 Å². The van der Waals surface area contributed by atoms with Crippen molar-refractivity contribution in [2.45, 2.75) is 25.8 Å². The third kappa shape index (κ3) is 2.16. The zero-order valence-electron chi connectivity index (χ0n) is 10.9. The van der Waals surface area contributed by atoms with Gasteiger partial charge in [-0.1, -0.05) is 19.1 Å². The lowest BCUT2D eigenvalue weighted by molar-refractivity contribution is -0.117. The van der Waals surface area contributed by atoms with Crippen LogP contribution in [0.2, 0.25) is 0 Å². The third-order valence-electron chi connectivity index (χ3n) is 4.07. The van der Waals surface area contributed by atoms with Crippen molar-refractivity contribution in [3.05, 3.63) is 29.8 Å². The van der Waals surface area contributed by atoms with Gasteiger partial charge in [-0.2, -0.15) is 0 Å². The van der Waals surface area contributed by atoms with Gasteiger partial charge in [0.2, 0.25) is 5.91 Å². The number of amides is 1. The van der Waals surface area contributed by atoms with E-state index < -0.39 is 9.84 Å². The number of carbonyl (C=O) groups excluding carboxylic acids is 1. The average Bonchev–Trinajstić information content (AvgIpc) is 2.79. The second-order valence-electron chi connectivity index (χ2n) is 5.40. The Bertz CT molecular complexity index is 623. The van der Waals surface area contributed by atoms with Gasteiger partial charge in [0.25, 0.3) is 0 Å². The van der Waals surface area contributed by atoms with E-state index in [0.29, 0.717) is 6.42 Å². The molecule has 4 nitrogen and oxygen atoms in total. The van der Waals surface area contributed by atoms with Gasteiger partial charge in [-0.25, -0.2) is 8.42 Å². The zero-order chi connectivity index (χ0) is 13.6. The summed E-state index contributed by atoms with van der Waals surface area (Å²) in [6.07, 6.45) is 1.27. The molecule has 0 bridgehead atoms. The Hall–Kier alpha value is -1.36. The van der Waals surface area contributed by atoms with Crippen LogP contribution in [0, 0.1) is 5.92 Å². The van der Waals surface area contributed by atoms with Gasteiger partial charge in [0.15, 0.2) is 9.84 Å². The van der Waals surface area contributed by atoms with Crippen LogP contribution >= 0.6 is 0 Å². The number of nitrogens with zero attached hydrogens (tertiary/aromatic N) is 1. The van der Waals surface area contributed by atoms with Crippen LogP contribution < -0.4 is 4.90 Å². The van der Waals surface area contributed by atoms with Crippen LogP contribution in [0.25, 0.3) is 0 Å². The number of rotatable bonds is 2. The molecule has 2 aliphatic rings. The predicted octanol–water partition coefficient (Wildman–Crippen LogP) is 1.40. The molecule has 2 heterocycles. The summed E-state index contributed by atoms with van der Waals surface area (Å²) in [7, 11) is -2.98. The quantitative estimate of drug-likeness (QED) is 0.822. The minimum Gasteiger partial charge on any atom is -0.308 e. The number of hydrogen-bond donors (Lipinski definition) is 0.